The highest BCUT2D eigenvalue weighted by atomic mass is 35.5. The zero-order valence-corrected chi connectivity index (χ0v) is 11.5. The maximum Gasteiger partial charge on any atom is 0.342 e. The smallest absolute Gasteiger partial charge is 0.342 e. The number of hydrogen-bond donors (Lipinski definition) is 0. The number of carbonyl (C=O) groups is 1. The van der Waals surface area contributed by atoms with E-state index in [1.54, 1.807) is 12.1 Å². The largest absolute Gasteiger partial charge is 0.452 e. The van der Waals surface area contributed by atoms with Crippen molar-refractivity contribution in [2.75, 3.05) is 0 Å². The van der Waals surface area contributed by atoms with Gasteiger partial charge in [-0.3, -0.25) is 4.79 Å². The van der Waals surface area contributed by atoms with Gasteiger partial charge in [-0.05, 0) is 17.1 Å². The number of allylic oxidation sites excluding steroid dienone is 1. The first kappa shape index (κ1) is 13.3. The molecular formula is C13H8ClN3O4. The van der Waals surface area contributed by atoms with Crippen LogP contribution in [0.15, 0.2) is 30.2 Å². The Kier molecular flexibility index (Phi) is 2.99. The van der Waals surface area contributed by atoms with E-state index in [1.165, 1.54) is 23.8 Å². The topological polar surface area (TPSA) is 87.3 Å². The van der Waals surface area contributed by atoms with Crippen LogP contribution in [0.4, 0.5) is 5.82 Å². The van der Waals surface area contributed by atoms with Gasteiger partial charge in [0.05, 0.1) is 18.7 Å². The van der Waals surface area contributed by atoms with E-state index >= 15 is 0 Å². The monoisotopic (exact) mass is 305 g/mol. The van der Waals surface area contributed by atoms with Crippen LogP contribution in [-0.2, 0) is 7.05 Å². The van der Waals surface area contributed by atoms with E-state index in [0.717, 1.165) is 6.20 Å². The molecule has 1 aliphatic rings. The molecule has 0 aliphatic carbocycles. The molecule has 21 heavy (non-hydrogen) atoms. The van der Waals surface area contributed by atoms with Gasteiger partial charge >= 0.3 is 5.82 Å². The molecule has 1 aliphatic heterocycles. The zero-order valence-electron chi connectivity index (χ0n) is 10.7. The molecule has 106 valence electrons. The van der Waals surface area contributed by atoms with Crippen LogP contribution in [0.25, 0.3) is 6.08 Å². The van der Waals surface area contributed by atoms with Crippen molar-refractivity contribution in [2.45, 2.75) is 0 Å². The van der Waals surface area contributed by atoms with Crippen molar-refractivity contribution in [1.82, 2.24) is 9.55 Å². The number of nitro groups is 1. The summed E-state index contributed by atoms with van der Waals surface area (Å²) in [7, 11) is 1.49. The molecule has 0 saturated heterocycles. The Balaban J connectivity index is 2.00. The minimum absolute atomic E-state index is 0.0517. The third-order valence-corrected chi connectivity index (χ3v) is 3.31. The number of ether oxygens (including phenoxy) is 1. The molecule has 3 rings (SSSR count). The second kappa shape index (κ2) is 4.71. The Labute approximate surface area is 123 Å². The normalized spacial score (nSPS) is 15.1. The number of Topliss-reactive ketones (excluding diaryl/α,β-unsaturated/α-hetero) is 1. The second-order valence-electron chi connectivity index (χ2n) is 4.37. The summed E-state index contributed by atoms with van der Waals surface area (Å²) in [5.41, 5.74) is 0.398. The van der Waals surface area contributed by atoms with Crippen molar-refractivity contribution in [3.05, 3.63) is 56.7 Å². The number of nitrogens with zero attached hydrogens (tertiary/aromatic N) is 3. The fraction of sp³-hybridized carbons (Fsp3) is 0.0769. The summed E-state index contributed by atoms with van der Waals surface area (Å²) >= 11 is 5.84. The minimum atomic E-state index is -0.555. The number of aromatic nitrogens is 2. The number of benzene rings is 1. The number of rotatable bonds is 2. The first-order valence-corrected chi connectivity index (χ1v) is 6.25. The lowest BCUT2D eigenvalue weighted by Gasteiger charge is -1.98. The van der Waals surface area contributed by atoms with Gasteiger partial charge in [0.25, 0.3) is 0 Å². The predicted molar refractivity (Wildman–Crippen MR) is 74.2 cm³/mol. The number of fused-ring (bicyclic) bond motifs is 1. The molecule has 0 N–H and O–H groups in total. The van der Waals surface area contributed by atoms with Crippen molar-refractivity contribution in [3.8, 4) is 5.75 Å². The van der Waals surface area contributed by atoms with Crippen molar-refractivity contribution in [3.63, 3.8) is 0 Å². The molecule has 7 nitrogen and oxygen atoms in total. The molecule has 0 radical (unpaired) electrons. The summed E-state index contributed by atoms with van der Waals surface area (Å²) in [6.07, 6.45) is 2.49. The molecule has 0 bridgehead atoms. The van der Waals surface area contributed by atoms with Gasteiger partial charge in [-0.2, -0.15) is 0 Å². The number of halogens is 1. The Morgan fingerprint density at radius 1 is 1.48 bits per heavy atom. The fourth-order valence-corrected chi connectivity index (χ4v) is 2.16. The molecule has 0 spiro atoms. The van der Waals surface area contributed by atoms with Crippen LogP contribution in [0.2, 0.25) is 5.02 Å². The Morgan fingerprint density at radius 2 is 2.24 bits per heavy atom. The molecular weight excluding hydrogens is 298 g/mol. The summed E-state index contributed by atoms with van der Waals surface area (Å²) in [6.45, 7) is 0. The standard InChI is InChI=1S/C13H8ClN3O4/c1-16-11(15-6-12(16)17(19)20)5-10-13(18)8-3-2-7(14)4-9(8)21-10/h2-6H,1H3/b10-5-. The predicted octanol–water partition coefficient (Wildman–Crippen LogP) is 2.60. The lowest BCUT2D eigenvalue weighted by Crippen LogP contribution is -2.02. The van der Waals surface area contributed by atoms with Gasteiger partial charge in [0.15, 0.2) is 5.76 Å². The number of hydrogen-bond acceptors (Lipinski definition) is 5. The highest BCUT2D eigenvalue weighted by molar-refractivity contribution is 6.31. The molecule has 0 fully saturated rings. The second-order valence-corrected chi connectivity index (χ2v) is 4.81. The highest BCUT2D eigenvalue weighted by Crippen LogP contribution is 2.33. The average Bonchev–Trinajstić information content (AvgIpc) is 2.92. The van der Waals surface area contributed by atoms with Crippen LogP contribution in [0.3, 0.4) is 0 Å². The van der Waals surface area contributed by atoms with Crippen LogP contribution in [0.5, 0.6) is 5.75 Å². The molecule has 0 amide bonds. The first-order chi connectivity index (χ1) is 9.97. The van der Waals surface area contributed by atoms with Crippen LogP contribution in [0.1, 0.15) is 16.2 Å². The van der Waals surface area contributed by atoms with Crippen LogP contribution < -0.4 is 4.74 Å². The van der Waals surface area contributed by atoms with Gasteiger partial charge in [0.1, 0.15) is 11.9 Å². The van der Waals surface area contributed by atoms with Gasteiger partial charge in [-0.15, -0.1) is 0 Å². The molecule has 8 heteroatoms. The summed E-state index contributed by atoms with van der Waals surface area (Å²) in [5, 5.41) is 11.2. The summed E-state index contributed by atoms with van der Waals surface area (Å²) < 4.78 is 6.70. The molecule has 0 unspecified atom stereocenters. The molecule has 2 heterocycles. The van der Waals surface area contributed by atoms with E-state index in [4.69, 9.17) is 16.3 Å². The maximum atomic E-state index is 12.2. The Morgan fingerprint density at radius 3 is 2.90 bits per heavy atom. The van der Waals surface area contributed by atoms with Crippen molar-refractivity contribution in [2.24, 2.45) is 7.05 Å². The highest BCUT2D eigenvalue weighted by Gasteiger charge is 2.28. The molecule has 1 aromatic carbocycles. The zero-order chi connectivity index (χ0) is 15.1. The molecule has 1 aromatic heterocycles. The van der Waals surface area contributed by atoms with Gasteiger partial charge in [-0.25, -0.2) is 9.55 Å². The van der Waals surface area contributed by atoms with Gasteiger partial charge in [0.2, 0.25) is 11.6 Å². The quantitative estimate of drug-likeness (QED) is 0.483. The lowest BCUT2D eigenvalue weighted by atomic mass is 10.1. The third kappa shape index (κ3) is 2.17. The number of imidazole rings is 1. The number of ketones is 1. The minimum Gasteiger partial charge on any atom is -0.452 e. The Hall–Kier alpha value is -2.67. The van der Waals surface area contributed by atoms with E-state index in [9.17, 15) is 14.9 Å². The van der Waals surface area contributed by atoms with E-state index in [2.05, 4.69) is 4.98 Å². The molecule has 2 aromatic rings. The summed E-state index contributed by atoms with van der Waals surface area (Å²) in [5.74, 6) is 0.183. The summed E-state index contributed by atoms with van der Waals surface area (Å²) in [6, 6.07) is 4.70. The third-order valence-electron chi connectivity index (χ3n) is 3.08. The first-order valence-electron chi connectivity index (χ1n) is 5.87. The van der Waals surface area contributed by atoms with Crippen molar-refractivity contribution >= 4 is 29.3 Å². The fourth-order valence-electron chi connectivity index (χ4n) is 2.00. The lowest BCUT2D eigenvalue weighted by molar-refractivity contribution is -0.391. The Bertz CT molecular complexity index is 810. The van der Waals surface area contributed by atoms with Crippen LogP contribution >= 0.6 is 11.6 Å². The van der Waals surface area contributed by atoms with E-state index in [-0.39, 0.29) is 23.2 Å². The van der Waals surface area contributed by atoms with E-state index in [1.807, 2.05) is 0 Å². The SMILES string of the molecule is Cn1c([N+](=O)[O-])cnc1/C=C1\Oc2cc(Cl)ccc2C1=O. The van der Waals surface area contributed by atoms with Gasteiger partial charge in [-0.1, -0.05) is 11.6 Å². The molecule has 0 saturated carbocycles. The van der Waals surface area contributed by atoms with Crippen LogP contribution in [0, 0.1) is 10.1 Å². The van der Waals surface area contributed by atoms with Gasteiger partial charge < -0.3 is 14.9 Å². The average molecular weight is 306 g/mol. The van der Waals surface area contributed by atoms with Gasteiger partial charge in [0, 0.05) is 11.1 Å². The van der Waals surface area contributed by atoms with E-state index < -0.39 is 4.92 Å². The summed E-state index contributed by atoms with van der Waals surface area (Å²) in [4.78, 5) is 26.3. The maximum absolute atomic E-state index is 12.2. The van der Waals surface area contributed by atoms with Crippen LogP contribution in [-0.4, -0.2) is 20.3 Å². The molecule has 0 atom stereocenters. The van der Waals surface area contributed by atoms with Crippen molar-refractivity contribution < 1.29 is 14.5 Å². The van der Waals surface area contributed by atoms with Crippen molar-refractivity contribution in [1.29, 1.82) is 0 Å². The number of carbonyl (C=O) groups excluding carboxylic acids is 1. The van der Waals surface area contributed by atoms with E-state index in [0.29, 0.717) is 16.3 Å².